The maximum Gasteiger partial charge on any atom is 0.417 e. The molecule has 59 heavy (non-hydrogen) atoms. The summed E-state index contributed by atoms with van der Waals surface area (Å²) in [6.07, 6.45) is -4.62. The number of para-hydroxylation sites is 2. The minimum Gasteiger partial charge on any atom is -0.306 e. The number of aromatic nitrogens is 2. The monoisotopic (exact) mass is 803 g/mol. The van der Waals surface area contributed by atoms with Gasteiger partial charge in [-0.1, -0.05) is 109 Å². The SMILES string of the molecule is Cc1cccc(C(F)(F)F)c1-c1cc(-n2c3ccccc3c3ccc4c5ccccc5sc4c32)c(C#N)c(-n2c3ccccc3c3ccc4c5ccccc5sc4c32)c1. The number of nitriles is 1. The number of benzene rings is 8. The van der Waals surface area contributed by atoms with Gasteiger partial charge < -0.3 is 9.13 Å². The number of rotatable bonds is 3. The fourth-order valence-electron chi connectivity index (χ4n) is 9.47. The number of alkyl halides is 3. The molecule has 0 aliphatic heterocycles. The number of halogens is 3. The van der Waals surface area contributed by atoms with E-state index < -0.39 is 11.7 Å². The van der Waals surface area contributed by atoms with Gasteiger partial charge in [0.25, 0.3) is 0 Å². The zero-order chi connectivity index (χ0) is 39.7. The Bertz CT molecular complexity index is 3610. The van der Waals surface area contributed by atoms with Gasteiger partial charge in [-0.15, -0.1) is 22.7 Å². The Morgan fingerprint density at radius 3 is 1.46 bits per heavy atom. The average Bonchev–Trinajstić information content (AvgIpc) is 4.00. The Kier molecular flexibility index (Phi) is 7.12. The van der Waals surface area contributed by atoms with Gasteiger partial charge in [0, 0.05) is 52.5 Å². The largest absolute Gasteiger partial charge is 0.417 e. The molecule has 0 unspecified atom stereocenters. The first kappa shape index (κ1) is 34.1. The lowest BCUT2D eigenvalue weighted by atomic mass is 9.92. The van der Waals surface area contributed by atoms with Gasteiger partial charge in [0.15, 0.2) is 0 Å². The lowest BCUT2D eigenvalue weighted by molar-refractivity contribution is -0.137. The minimum absolute atomic E-state index is 0.0903. The zero-order valence-corrected chi connectivity index (χ0v) is 32.9. The van der Waals surface area contributed by atoms with Crippen molar-refractivity contribution in [3.8, 4) is 28.6 Å². The summed E-state index contributed by atoms with van der Waals surface area (Å²) in [6, 6.07) is 52.0. The summed E-state index contributed by atoms with van der Waals surface area (Å²) in [5, 5.41) is 20.0. The van der Waals surface area contributed by atoms with Crippen LogP contribution < -0.4 is 0 Å². The highest BCUT2D eigenvalue weighted by molar-refractivity contribution is 7.27. The molecule has 12 aromatic rings. The van der Waals surface area contributed by atoms with E-state index in [9.17, 15) is 5.26 Å². The van der Waals surface area contributed by atoms with E-state index in [1.165, 1.54) is 6.07 Å². The summed E-state index contributed by atoms with van der Waals surface area (Å²) < 4.78 is 54.0. The third-order valence-corrected chi connectivity index (χ3v) is 14.3. The minimum atomic E-state index is -4.62. The van der Waals surface area contributed by atoms with Crippen LogP contribution in [0.5, 0.6) is 0 Å². The van der Waals surface area contributed by atoms with Crippen LogP contribution >= 0.6 is 22.7 Å². The first-order valence-electron chi connectivity index (χ1n) is 19.2. The van der Waals surface area contributed by atoms with Crippen molar-refractivity contribution in [2.24, 2.45) is 0 Å². The molecule has 0 aliphatic carbocycles. The Morgan fingerprint density at radius 1 is 0.508 bits per heavy atom. The van der Waals surface area contributed by atoms with Crippen molar-refractivity contribution in [1.82, 2.24) is 9.13 Å². The first-order valence-corrected chi connectivity index (χ1v) is 20.9. The van der Waals surface area contributed by atoms with Crippen LogP contribution in [0.1, 0.15) is 16.7 Å². The molecular weight excluding hydrogens is 776 g/mol. The molecule has 4 heterocycles. The van der Waals surface area contributed by atoms with Crippen LogP contribution in [0, 0.1) is 18.3 Å². The predicted octanol–water partition coefficient (Wildman–Crippen LogP) is 15.5. The van der Waals surface area contributed by atoms with Crippen molar-refractivity contribution in [2.45, 2.75) is 13.1 Å². The number of thiophene rings is 2. The fourth-order valence-corrected chi connectivity index (χ4v) is 12.0. The van der Waals surface area contributed by atoms with E-state index in [0.717, 1.165) is 90.0 Å². The number of hydrogen-bond acceptors (Lipinski definition) is 3. The van der Waals surface area contributed by atoms with Gasteiger partial charge >= 0.3 is 6.18 Å². The van der Waals surface area contributed by atoms with Crippen LogP contribution in [0.4, 0.5) is 13.2 Å². The van der Waals surface area contributed by atoms with Crippen LogP contribution in [0.2, 0.25) is 0 Å². The topological polar surface area (TPSA) is 33.6 Å². The lowest BCUT2D eigenvalue weighted by Gasteiger charge is -2.21. The molecule has 0 amide bonds. The van der Waals surface area contributed by atoms with E-state index in [-0.39, 0.29) is 5.56 Å². The van der Waals surface area contributed by atoms with Crippen molar-refractivity contribution in [1.29, 1.82) is 5.26 Å². The molecule has 8 heteroatoms. The van der Waals surface area contributed by atoms with Gasteiger partial charge in [-0.3, -0.25) is 0 Å². The normalized spacial score (nSPS) is 12.4. The van der Waals surface area contributed by atoms with Gasteiger partial charge in [0.1, 0.15) is 11.6 Å². The molecule has 280 valence electrons. The van der Waals surface area contributed by atoms with Gasteiger partial charge in [0.2, 0.25) is 0 Å². The second-order valence-electron chi connectivity index (χ2n) is 15.1. The van der Waals surface area contributed by atoms with Crippen LogP contribution in [-0.4, -0.2) is 9.13 Å². The standard InChI is InChI=1S/C51H28F3N3S2/c1-28-11-10-16-39(51(52,53)54)46(28)29-25-42(56-40-17-6-2-12-30(40)34-21-23-36-32-14-4-8-19-44(32)58-49(36)47(34)56)38(27-55)43(26-29)57-41-18-7-3-13-31(41)35-22-24-37-33-15-5-9-20-45(33)59-50(37)48(35)57/h2-26H,1H3. The summed E-state index contributed by atoms with van der Waals surface area (Å²) in [6.45, 7) is 1.73. The molecule has 12 rings (SSSR count). The van der Waals surface area contributed by atoms with Crippen molar-refractivity contribution < 1.29 is 13.2 Å². The summed E-state index contributed by atoms with van der Waals surface area (Å²) in [4.78, 5) is 0. The average molecular weight is 804 g/mol. The maximum atomic E-state index is 15.1. The van der Waals surface area contributed by atoms with E-state index >= 15 is 13.2 Å². The second kappa shape index (κ2) is 12.3. The number of hydrogen-bond donors (Lipinski definition) is 0. The molecule has 0 fully saturated rings. The molecule has 0 N–H and O–H groups in total. The van der Waals surface area contributed by atoms with E-state index in [2.05, 4.69) is 75.9 Å². The van der Waals surface area contributed by atoms with Crippen molar-refractivity contribution in [3.63, 3.8) is 0 Å². The summed E-state index contributed by atoms with van der Waals surface area (Å²) in [5.74, 6) is 0. The maximum absolute atomic E-state index is 15.1. The highest BCUT2D eigenvalue weighted by Gasteiger charge is 2.35. The smallest absolute Gasteiger partial charge is 0.306 e. The number of aryl methyl sites for hydroxylation is 1. The van der Waals surface area contributed by atoms with Gasteiger partial charge in [0.05, 0.1) is 48.4 Å². The molecule has 0 aliphatic rings. The van der Waals surface area contributed by atoms with E-state index in [4.69, 9.17) is 0 Å². The molecule has 0 spiro atoms. The van der Waals surface area contributed by atoms with Gasteiger partial charge in [-0.05, 0) is 66.1 Å². The molecule has 0 radical (unpaired) electrons. The Labute approximate surface area is 342 Å². The molecule has 4 aromatic heterocycles. The van der Waals surface area contributed by atoms with Gasteiger partial charge in [-0.2, -0.15) is 18.4 Å². The molecule has 0 atom stereocenters. The van der Waals surface area contributed by atoms with Gasteiger partial charge in [-0.25, -0.2) is 0 Å². The predicted molar refractivity (Wildman–Crippen MR) is 241 cm³/mol. The number of nitrogens with zero attached hydrogens (tertiary/aromatic N) is 3. The molecule has 3 nitrogen and oxygen atoms in total. The molecule has 0 saturated heterocycles. The summed E-state index contributed by atoms with van der Waals surface area (Å²) in [5.41, 5.74) is 5.19. The highest BCUT2D eigenvalue weighted by Crippen LogP contribution is 2.48. The Morgan fingerprint density at radius 2 is 0.966 bits per heavy atom. The molecule has 8 aromatic carbocycles. The van der Waals surface area contributed by atoms with E-state index in [0.29, 0.717) is 28.1 Å². The van der Waals surface area contributed by atoms with Crippen LogP contribution in [0.15, 0.2) is 152 Å². The van der Waals surface area contributed by atoms with Crippen molar-refractivity contribution in [2.75, 3.05) is 0 Å². The lowest BCUT2D eigenvalue weighted by Crippen LogP contribution is -2.10. The van der Waals surface area contributed by atoms with Crippen molar-refractivity contribution in [3.05, 3.63) is 168 Å². The van der Waals surface area contributed by atoms with E-state index in [1.54, 1.807) is 47.8 Å². The Balaban J connectivity index is 1.32. The van der Waals surface area contributed by atoms with Crippen LogP contribution in [-0.2, 0) is 6.18 Å². The molecule has 0 saturated carbocycles. The highest BCUT2D eigenvalue weighted by atomic mass is 32.1. The quantitative estimate of drug-likeness (QED) is 0.175. The van der Waals surface area contributed by atoms with Crippen LogP contribution in [0.25, 0.3) is 106 Å². The van der Waals surface area contributed by atoms with Crippen molar-refractivity contribution >= 4 is 107 Å². The fraction of sp³-hybridized carbons (Fsp3) is 0.0392. The summed E-state index contributed by atoms with van der Waals surface area (Å²) in [7, 11) is 0. The Hall–Kier alpha value is -6.92. The second-order valence-corrected chi connectivity index (χ2v) is 17.2. The first-order chi connectivity index (χ1) is 28.8. The summed E-state index contributed by atoms with van der Waals surface area (Å²) >= 11 is 3.38. The number of fused-ring (bicyclic) bond motifs is 14. The third-order valence-electron chi connectivity index (χ3n) is 11.9. The zero-order valence-electron chi connectivity index (χ0n) is 31.2. The van der Waals surface area contributed by atoms with E-state index in [1.807, 2.05) is 60.7 Å². The molecular formula is C51H28F3N3S2. The third kappa shape index (κ3) is 4.74. The van der Waals surface area contributed by atoms with Crippen LogP contribution in [0.3, 0.4) is 0 Å². The molecule has 0 bridgehead atoms.